The van der Waals surface area contributed by atoms with E-state index in [9.17, 15) is 9.59 Å². The van der Waals surface area contributed by atoms with E-state index in [1.807, 2.05) is 39.8 Å². The van der Waals surface area contributed by atoms with Gasteiger partial charge in [0.05, 0.1) is 19.8 Å². The van der Waals surface area contributed by atoms with E-state index in [1.54, 1.807) is 36.3 Å². The zero-order valence-electron chi connectivity index (χ0n) is 19.0. The van der Waals surface area contributed by atoms with E-state index < -0.39 is 0 Å². The molecule has 3 amide bonds. The first kappa shape index (κ1) is 24.3. The molecule has 31 heavy (non-hydrogen) atoms. The maximum atomic E-state index is 13.0. The van der Waals surface area contributed by atoms with Gasteiger partial charge in [-0.3, -0.25) is 4.79 Å². The Morgan fingerprint density at radius 3 is 2.39 bits per heavy atom. The number of hydrogen-bond acceptors (Lipinski definition) is 5. The lowest BCUT2D eigenvalue weighted by molar-refractivity contribution is -0.133. The number of aryl methyl sites for hydroxylation is 1. The highest BCUT2D eigenvalue weighted by Crippen LogP contribution is 2.17. The molecule has 0 atom stereocenters. The first-order valence-electron chi connectivity index (χ1n) is 10.5. The zero-order valence-corrected chi connectivity index (χ0v) is 19.0. The number of benzene rings is 1. The molecule has 0 unspecified atom stereocenters. The summed E-state index contributed by atoms with van der Waals surface area (Å²) in [6.07, 6.45) is 0. The fourth-order valence-corrected chi connectivity index (χ4v) is 2.98. The van der Waals surface area contributed by atoms with Crippen molar-refractivity contribution in [3.8, 4) is 5.75 Å². The number of furan rings is 1. The molecule has 1 heterocycles. The summed E-state index contributed by atoms with van der Waals surface area (Å²) in [5.41, 5.74) is 0.633. The van der Waals surface area contributed by atoms with Crippen LogP contribution >= 0.6 is 0 Å². The van der Waals surface area contributed by atoms with Crippen LogP contribution in [0.25, 0.3) is 0 Å². The summed E-state index contributed by atoms with van der Waals surface area (Å²) >= 11 is 0. The highest BCUT2D eigenvalue weighted by molar-refractivity contribution is 5.92. The van der Waals surface area contributed by atoms with Crippen LogP contribution in [0.2, 0.25) is 0 Å². The summed E-state index contributed by atoms with van der Waals surface area (Å²) in [5.74, 6) is 2.03. The molecular weight excluding hydrogens is 398 g/mol. The second-order valence-corrected chi connectivity index (χ2v) is 7.43. The lowest BCUT2D eigenvalue weighted by Crippen LogP contribution is -2.47. The van der Waals surface area contributed by atoms with Crippen molar-refractivity contribution in [1.82, 2.24) is 9.80 Å². The minimum absolute atomic E-state index is 0.0517. The van der Waals surface area contributed by atoms with Gasteiger partial charge in [0, 0.05) is 25.4 Å². The standard InChI is InChI=1S/C23H33N3O5/c1-6-30-20-11-8-19(9-12-20)24-23(28)26(17(2)3)16-22(27)25(13-14-29-5)15-21-10-7-18(4)31-21/h7-12,17H,6,13-16H2,1-5H3,(H,24,28). The van der Waals surface area contributed by atoms with Crippen LogP contribution in [0.4, 0.5) is 10.5 Å². The van der Waals surface area contributed by atoms with Crippen LogP contribution in [0.3, 0.4) is 0 Å². The lowest BCUT2D eigenvalue weighted by atomic mass is 10.3. The Kier molecular flexibility index (Phi) is 9.40. The number of amides is 3. The van der Waals surface area contributed by atoms with Gasteiger partial charge in [-0.1, -0.05) is 0 Å². The molecule has 0 saturated carbocycles. The van der Waals surface area contributed by atoms with Crippen molar-refractivity contribution in [3.63, 3.8) is 0 Å². The lowest BCUT2D eigenvalue weighted by Gasteiger charge is -2.29. The normalized spacial score (nSPS) is 10.8. The number of ether oxygens (including phenoxy) is 2. The monoisotopic (exact) mass is 431 g/mol. The topological polar surface area (TPSA) is 84.2 Å². The van der Waals surface area contributed by atoms with Gasteiger partial charge in [-0.15, -0.1) is 0 Å². The molecule has 2 aromatic rings. The van der Waals surface area contributed by atoms with Crippen LogP contribution in [0.15, 0.2) is 40.8 Å². The number of rotatable bonds is 11. The number of methoxy groups -OCH3 is 1. The predicted molar refractivity (Wildman–Crippen MR) is 119 cm³/mol. The zero-order chi connectivity index (χ0) is 22.8. The van der Waals surface area contributed by atoms with Crippen LogP contribution in [0.5, 0.6) is 5.75 Å². The molecule has 0 fully saturated rings. The van der Waals surface area contributed by atoms with Crippen LogP contribution in [0.1, 0.15) is 32.3 Å². The third-order valence-electron chi connectivity index (χ3n) is 4.67. The number of carbonyl (C=O) groups is 2. The highest BCUT2D eigenvalue weighted by atomic mass is 16.5. The molecule has 1 aromatic heterocycles. The van der Waals surface area contributed by atoms with Gasteiger partial charge in [-0.2, -0.15) is 0 Å². The number of carbonyl (C=O) groups excluding carboxylic acids is 2. The summed E-state index contributed by atoms with van der Waals surface area (Å²) in [6.45, 7) is 9.17. The Labute approximate surface area is 184 Å². The summed E-state index contributed by atoms with van der Waals surface area (Å²) in [7, 11) is 1.59. The van der Waals surface area contributed by atoms with Crippen LogP contribution in [-0.2, 0) is 16.1 Å². The molecule has 1 aromatic carbocycles. The molecular formula is C23H33N3O5. The second kappa shape index (κ2) is 12.0. The summed E-state index contributed by atoms with van der Waals surface area (Å²) in [5, 5.41) is 2.85. The van der Waals surface area contributed by atoms with E-state index in [4.69, 9.17) is 13.9 Å². The summed E-state index contributed by atoms with van der Waals surface area (Å²) < 4.78 is 16.2. The molecule has 0 aliphatic carbocycles. The number of nitrogens with one attached hydrogen (secondary N) is 1. The van der Waals surface area contributed by atoms with Crippen molar-refractivity contribution < 1.29 is 23.5 Å². The fraction of sp³-hybridized carbons (Fsp3) is 0.478. The first-order valence-corrected chi connectivity index (χ1v) is 10.5. The van der Waals surface area contributed by atoms with Gasteiger partial charge in [-0.05, 0) is 64.1 Å². The minimum Gasteiger partial charge on any atom is -0.494 e. The molecule has 170 valence electrons. The Hall–Kier alpha value is -3.00. The van der Waals surface area contributed by atoms with Crippen molar-refractivity contribution in [2.75, 3.05) is 38.7 Å². The van der Waals surface area contributed by atoms with Gasteiger partial charge in [0.1, 0.15) is 23.8 Å². The Morgan fingerprint density at radius 1 is 1.13 bits per heavy atom. The van der Waals surface area contributed by atoms with Crippen molar-refractivity contribution in [2.24, 2.45) is 0 Å². The third kappa shape index (κ3) is 7.64. The van der Waals surface area contributed by atoms with Crippen molar-refractivity contribution in [3.05, 3.63) is 47.9 Å². The Bertz CT molecular complexity index is 832. The molecule has 8 heteroatoms. The molecule has 0 aliphatic heterocycles. The van der Waals surface area contributed by atoms with Crippen molar-refractivity contribution >= 4 is 17.6 Å². The average molecular weight is 432 g/mol. The summed E-state index contributed by atoms with van der Waals surface area (Å²) in [4.78, 5) is 29.1. The predicted octanol–water partition coefficient (Wildman–Crippen LogP) is 3.90. The number of hydrogen-bond donors (Lipinski definition) is 1. The number of anilines is 1. The average Bonchev–Trinajstić information content (AvgIpc) is 3.15. The van der Waals surface area contributed by atoms with Crippen LogP contribution in [0, 0.1) is 6.92 Å². The van der Waals surface area contributed by atoms with E-state index in [1.165, 1.54) is 4.90 Å². The van der Waals surface area contributed by atoms with Crippen LogP contribution < -0.4 is 10.1 Å². The quantitative estimate of drug-likeness (QED) is 0.583. The molecule has 0 spiro atoms. The maximum Gasteiger partial charge on any atom is 0.322 e. The van der Waals surface area contributed by atoms with E-state index in [0.717, 1.165) is 11.5 Å². The molecule has 2 rings (SSSR count). The molecule has 8 nitrogen and oxygen atoms in total. The number of urea groups is 1. The van der Waals surface area contributed by atoms with Crippen molar-refractivity contribution in [1.29, 1.82) is 0 Å². The van der Waals surface area contributed by atoms with Gasteiger partial charge in [0.15, 0.2) is 0 Å². The smallest absolute Gasteiger partial charge is 0.322 e. The Balaban J connectivity index is 2.05. The molecule has 0 radical (unpaired) electrons. The minimum atomic E-state index is -0.340. The van der Waals surface area contributed by atoms with E-state index in [0.29, 0.717) is 37.8 Å². The SMILES string of the molecule is CCOc1ccc(NC(=O)N(CC(=O)N(CCOC)Cc2ccc(C)o2)C(C)C)cc1. The van der Waals surface area contributed by atoms with Gasteiger partial charge in [0.2, 0.25) is 5.91 Å². The van der Waals surface area contributed by atoms with Gasteiger partial charge in [-0.25, -0.2) is 4.79 Å². The highest BCUT2D eigenvalue weighted by Gasteiger charge is 2.24. The first-order chi connectivity index (χ1) is 14.8. The van der Waals surface area contributed by atoms with Gasteiger partial charge < -0.3 is 29.0 Å². The molecule has 0 aliphatic rings. The summed E-state index contributed by atoms with van der Waals surface area (Å²) in [6, 6.07) is 10.3. The maximum absolute atomic E-state index is 13.0. The van der Waals surface area contributed by atoms with Crippen LogP contribution in [-0.4, -0.2) is 61.2 Å². The van der Waals surface area contributed by atoms with Gasteiger partial charge in [0.25, 0.3) is 0 Å². The van der Waals surface area contributed by atoms with Crippen molar-refractivity contribution in [2.45, 2.75) is 40.3 Å². The largest absolute Gasteiger partial charge is 0.494 e. The Morgan fingerprint density at radius 2 is 1.84 bits per heavy atom. The third-order valence-corrected chi connectivity index (χ3v) is 4.67. The van der Waals surface area contributed by atoms with E-state index in [-0.39, 0.29) is 24.5 Å². The molecule has 0 bridgehead atoms. The molecule has 0 saturated heterocycles. The fourth-order valence-electron chi connectivity index (χ4n) is 2.98. The number of nitrogens with zero attached hydrogens (tertiary/aromatic N) is 2. The van der Waals surface area contributed by atoms with Gasteiger partial charge >= 0.3 is 6.03 Å². The van der Waals surface area contributed by atoms with E-state index >= 15 is 0 Å². The second-order valence-electron chi connectivity index (χ2n) is 7.43. The molecule has 1 N–H and O–H groups in total. The van der Waals surface area contributed by atoms with E-state index in [2.05, 4.69) is 5.32 Å².